The van der Waals surface area contributed by atoms with Gasteiger partial charge in [-0.2, -0.15) is 5.10 Å². The van der Waals surface area contributed by atoms with Gasteiger partial charge in [-0.1, -0.05) is 38.0 Å². The molecule has 3 aromatic rings. The molecule has 1 aliphatic rings. The van der Waals surface area contributed by atoms with Crippen LogP contribution in [0.1, 0.15) is 61.4 Å². The summed E-state index contributed by atoms with van der Waals surface area (Å²) in [6.07, 6.45) is 16.1. The maximum Gasteiger partial charge on any atom is 0.223 e. The predicted molar refractivity (Wildman–Crippen MR) is 115 cm³/mol. The van der Waals surface area contributed by atoms with Gasteiger partial charge in [0.25, 0.3) is 0 Å². The number of aromatic nitrogens is 4. The van der Waals surface area contributed by atoms with E-state index in [1.54, 1.807) is 0 Å². The highest BCUT2D eigenvalue weighted by Gasteiger charge is 2.16. The molecule has 0 radical (unpaired) electrons. The zero-order chi connectivity index (χ0) is 19.5. The first kappa shape index (κ1) is 18.4. The van der Waals surface area contributed by atoms with Crippen molar-refractivity contribution in [3.8, 4) is 0 Å². The third kappa shape index (κ3) is 3.57. The number of nitrogens with one attached hydrogen (secondary N) is 1. The molecule has 0 spiro atoms. The second-order valence-corrected chi connectivity index (χ2v) is 7.42. The second kappa shape index (κ2) is 7.97. The number of aryl methyl sites for hydroxylation is 1. The molecule has 1 fully saturated rings. The molecule has 0 aromatic carbocycles. The smallest absolute Gasteiger partial charge is 0.223 e. The van der Waals surface area contributed by atoms with Crippen LogP contribution in [-0.4, -0.2) is 25.6 Å². The number of anilines is 1. The molecule has 1 aliphatic carbocycles. The van der Waals surface area contributed by atoms with Crippen molar-refractivity contribution in [3.63, 3.8) is 0 Å². The van der Waals surface area contributed by atoms with Crippen LogP contribution in [0.2, 0.25) is 0 Å². The molecular formula is C23H27N5. The molecule has 0 amide bonds. The van der Waals surface area contributed by atoms with Gasteiger partial charge in [0.1, 0.15) is 0 Å². The highest BCUT2D eigenvalue weighted by atomic mass is 15.2. The number of rotatable bonds is 5. The summed E-state index contributed by atoms with van der Waals surface area (Å²) in [6.45, 7) is 7.99. The molecule has 144 valence electrons. The Bertz CT molecular complexity index is 1020. The predicted octanol–water partition coefficient (Wildman–Crippen LogP) is 5.27. The van der Waals surface area contributed by atoms with E-state index in [0.29, 0.717) is 6.04 Å². The number of hydrogen-bond donors (Lipinski definition) is 1. The van der Waals surface area contributed by atoms with Crippen LogP contribution >= 0.6 is 0 Å². The van der Waals surface area contributed by atoms with Crippen molar-refractivity contribution in [2.75, 3.05) is 5.32 Å². The number of nitrogens with zero attached hydrogens (tertiary/aromatic N) is 4. The standard InChI is InChI=1S/C23H27N5/c1-4-17-14-25-28-12-11-18(13-22(17)28)20(5-2)21-15-24-23(26-16(21)3)27-19-9-7-6-8-10-19/h4-5,11-15,19H,1,6-10H2,2-3H3,(H,24,26,27)/b20-5-. The average molecular weight is 374 g/mol. The number of hydrogen-bond acceptors (Lipinski definition) is 4. The average Bonchev–Trinajstić information content (AvgIpc) is 3.13. The fourth-order valence-electron chi connectivity index (χ4n) is 4.03. The minimum absolute atomic E-state index is 0.502. The Kier molecular flexibility index (Phi) is 5.24. The molecule has 3 aromatic heterocycles. The Morgan fingerprint density at radius 1 is 1.25 bits per heavy atom. The van der Waals surface area contributed by atoms with E-state index in [4.69, 9.17) is 4.98 Å². The van der Waals surface area contributed by atoms with Gasteiger partial charge in [0.05, 0.1) is 17.4 Å². The Balaban J connectivity index is 1.63. The number of fused-ring (bicyclic) bond motifs is 1. The number of allylic oxidation sites excluding steroid dienone is 1. The van der Waals surface area contributed by atoms with Crippen molar-refractivity contribution in [2.24, 2.45) is 0 Å². The lowest BCUT2D eigenvalue weighted by Crippen LogP contribution is -2.23. The molecule has 28 heavy (non-hydrogen) atoms. The monoisotopic (exact) mass is 373 g/mol. The Hall–Kier alpha value is -2.95. The highest BCUT2D eigenvalue weighted by molar-refractivity contribution is 5.83. The Morgan fingerprint density at radius 2 is 2.07 bits per heavy atom. The molecule has 3 heterocycles. The molecule has 1 saturated carbocycles. The van der Waals surface area contributed by atoms with E-state index in [1.807, 2.05) is 29.2 Å². The van der Waals surface area contributed by atoms with E-state index in [1.165, 1.54) is 32.1 Å². The van der Waals surface area contributed by atoms with Crippen LogP contribution in [0.4, 0.5) is 5.95 Å². The molecule has 5 heteroatoms. The van der Waals surface area contributed by atoms with Gasteiger partial charge in [0, 0.05) is 29.6 Å². The zero-order valence-electron chi connectivity index (χ0n) is 16.7. The van der Waals surface area contributed by atoms with E-state index in [-0.39, 0.29) is 0 Å². The van der Waals surface area contributed by atoms with Crippen LogP contribution in [0.25, 0.3) is 17.2 Å². The van der Waals surface area contributed by atoms with Crippen LogP contribution in [0.15, 0.2) is 43.4 Å². The first-order chi connectivity index (χ1) is 13.7. The van der Waals surface area contributed by atoms with Crippen molar-refractivity contribution >= 4 is 23.1 Å². The molecule has 0 saturated heterocycles. The molecule has 0 atom stereocenters. The lowest BCUT2D eigenvalue weighted by molar-refractivity contribution is 0.460. The van der Waals surface area contributed by atoms with E-state index in [9.17, 15) is 0 Å². The molecule has 4 rings (SSSR count). The summed E-state index contributed by atoms with van der Waals surface area (Å²) in [5.41, 5.74) is 6.36. The Morgan fingerprint density at radius 3 is 2.79 bits per heavy atom. The summed E-state index contributed by atoms with van der Waals surface area (Å²) < 4.78 is 1.87. The first-order valence-corrected chi connectivity index (χ1v) is 10.1. The van der Waals surface area contributed by atoms with Gasteiger partial charge < -0.3 is 5.32 Å². The third-order valence-electron chi connectivity index (χ3n) is 5.58. The third-order valence-corrected chi connectivity index (χ3v) is 5.58. The van der Waals surface area contributed by atoms with Crippen molar-refractivity contribution in [3.05, 3.63) is 65.8 Å². The van der Waals surface area contributed by atoms with Crippen molar-refractivity contribution in [1.82, 2.24) is 19.6 Å². The summed E-state index contributed by atoms with van der Waals surface area (Å²) in [5, 5.41) is 7.88. The summed E-state index contributed by atoms with van der Waals surface area (Å²) in [4.78, 5) is 9.37. The highest BCUT2D eigenvalue weighted by Crippen LogP contribution is 2.28. The van der Waals surface area contributed by atoms with E-state index in [0.717, 1.165) is 39.4 Å². The van der Waals surface area contributed by atoms with Crippen LogP contribution in [0, 0.1) is 6.92 Å². The fourth-order valence-corrected chi connectivity index (χ4v) is 4.03. The van der Waals surface area contributed by atoms with Gasteiger partial charge in [-0.25, -0.2) is 14.5 Å². The van der Waals surface area contributed by atoms with Crippen molar-refractivity contribution in [1.29, 1.82) is 0 Å². The molecule has 1 N–H and O–H groups in total. The lowest BCUT2D eigenvalue weighted by atomic mass is 9.95. The summed E-state index contributed by atoms with van der Waals surface area (Å²) in [5.74, 6) is 0.740. The topological polar surface area (TPSA) is 55.1 Å². The summed E-state index contributed by atoms with van der Waals surface area (Å²) in [6, 6.07) is 4.73. The van der Waals surface area contributed by atoms with E-state index in [2.05, 4.69) is 54.0 Å². The largest absolute Gasteiger partial charge is 0.351 e. The van der Waals surface area contributed by atoms with Crippen LogP contribution in [0.3, 0.4) is 0 Å². The van der Waals surface area contributed by atoms with Crippen LogP contribution in [0.5, 0.6) is 0 Å². The van der Waals surface area contributed by atoms with Crippen molar-refractivity contribution < 1.29 is 0 Å². The van der Waals surface area contributed by atoms with Gasteiger partial charge in [-0.3, -0.25) is 0 Å². The minimum Gasteiger partial charge on any atom is -0.351 e. The molecule has 0 aliphatic heterocycles. The second-order valence-electron chi connectivity index (χ2n) is 7.42. The van der Waals surface area contributed by atoms with E-state index < -0.39 is 0 Å². The van der Waals surface area contributed by atoms with Gasteiger partial charge in [0.2, 0.25) is 5.95 Å². The SMILES string of the molecule is C=Cc1cnn2ccc(/C(=C/C)c3cnc(NC4CCCCC4)nc3C)cc12. The minimum atomic E-state index is 0.502. The van der Waals surface area contributed by atoms with Crippen molar-refractivity contribution in [2.45, 2.75) is 52.0 Å². The van der Waals surface area contributed by atoms with Crippen LogP contribution in [-0.2, 0) is 0 Å². The quantitative estimate of drug-likeness (QED) is 0.662. The maximum atomic E-state index is 4.75. The first-order valence-electron chi connectivity index (χ1n) is 10.1. The van der Waals surface area contributed by atoms with Gasteiger partial charge in [-0.15, -0.1) is 0 Å². The van der Waals surface area contributed by atoms with Gasteiger partial charge in [0.15, 0.2) is 0 Å². The zero-order valence-corrected chi connectivity index (χ0v) is 16.7. The lowest BCUT2D eigenvalue weighted by Gasteiger charge is -2.23. The molecule has 5 nitrogen and oxygen atoms in total. The Labute approximate surface area is 166 Å². The normalized spacial score (nSPS) is 15.7. The van der Waals surface area contributed by atoms with Crippen LogP contribution < -0.4 is 5.32 Å². The van der Waals surface area contributed by atoms with Gasteiger partial charge >= 0.3 is 0 Å². The maximum absolute atomic E-state index is 4.75. The summed E-state index contributed by atoms with van der Waals surface area (Å²) >= 11 is 0. The fraction of sp³-hybridized carbons (Fsp3) is 0.348. The number of pyridine rings is 1. The molecular weight excluding hydrogens is 346 g/mol. The molecule has 0 bridgehead atoms. The summed E-state index contributed by atoms with van der Waals surface area (Å²) in [7, 11) is 0. The molecule has 0 unspecified atom stereocenters. The van der Waals surface area contributed by atoms with Gasteiger partial charge in [-0.05, 0) is 50.0 Å². The van der Waals surface area contributed by atoms with E-state index >= 15 is 0 Å².